The zero-order valence-electron chi connectivity index (χ0n) is 13.1. The maximum absolute atomic E-state index is 12.5. The molecule has 2 aliphatic rings. The second-order valence-electron chi connectivity index (χ2n) is 6.14. The molecule has 3 amide bonds. The molecule has 2 fully saturated rings. The van der Waals surface area contributed by atoms with Crippen molar-refractivity contribution in [1.82, 2.24) is 15.1 Å². The molecule has 0 spiro atoms. The van der Waals surface area contributed by atoms with Gasteiger partial charge in [-0.2, -0.15) is 0 Å². The fraction of sp³-hybridized carbons (Fsp3) is 0.438. The van der Waals surface area contributed by atoms with Gasteiger partial charge < -0.3 is 20.2 Å². The SMILES string of the molecule is C=CCN1C[C@@]2(C(=O)O)CN(C(=O)NCc3cccs3)C[C@H]2C1=O. The van der Waals surface area contributed by atoms with E-state index in [4.69, 9.17) is 0 Å². The van der Waals surface area contributed by atoms with Crippen molar-refractivity contribution < 1.29 is 19.5 Å². The number of nitrogens with zero attached hydrogens (tertiary/aromatic N) is 2. The first kappa shape index (κ1) is 16.5. The Morgan fingerprint density at radius 3 is 2.88 bits per heavy atom. The van der Waals surface area contributed by atoms with Gasteiger partial charge in [0.1, 0.15) is 5.41 Å². The molecule has 2 atom stereocenters. The lowest BCUT2D eigenvalue weighted by atomic mass is 9.81. The third-order valence-corrected chi connectivity index (χ3v) is 5.56. The lowest BCUT2D eigenvalue weighted by molar-refractivity contribution is -0.149. The molecule has 2 aliphatic heterocycles. The number of aliphatic carboxylic acids is 1. The summed E-state index contributed by atoms with van der Waals surface area (Å²) in [7, 11) is 0. The van der Waals surface area contributed by atoms with Crippen molar-refractivity contribution >= 4 is 29.2 Å². The van der Waals surface area contributed by atoms with Crippen molar-refractivity contribution in [3.05, 3.63) is 35.0 Å². The Kier molecular flexibility index (Phi) is 4.31. The number of rotatable bonds is 5. The van der Waals surface area contributed by atoms with E-state index in [2.05, 4.69) is 11.9 Å². The molecule has 1 aromatic heterocycles. The van der Waals surface area contributed by atoms with Crippen molar-refractivity contribution in [3.63, 3.8) is 0 Å². The molecule has 1 aromatic rings. The number of hydrogen-bond donors (Lipinski definition) is 2. The monoisotopic (exact) mass is 349 g/mol. The second kappa shape index (κ2) is 6.27. The van der Waals surface area contributed by atoms with E-state index in [0.29, 0.717) is 13.1 Å². The van der Waals surface area contributed by atoms with Crippen molar-refractivity contribution in [2.24, 2.45) is 11.3 Å². The molecule has 3 heterocycles. The van der Waals surface area contributed by atoms with Crippen LogP contribution in [0.2, 0.25) is 0 Å². The predicted octanol–water partition coefficient (Wildman–Crippen LogP) is 0.989. The van der Waals surface area contributed by atoms with Gasteiger partial charge in [0.25, 0.3) is 0 Å². The van der Waals surface area contributed by atoms with Gasteiger partial charge in [-0.1, -0.05) is 12.1 Å². The van der Waals surface area contributed by atoms with Crippen LogP contribution in [0.1, 0.15) is 4.88 Å². The van der Waals surface area contributed by atoms with E-state index in [0.717, 1.165) is 4.88 Å². The van der Waals surface area contributed by atoms with Gasteiger partial charge in [-0.05, 0) is 11.4 Å². The summed E-state index contributed by atoms with van der Waals surface area (Å²) in [6, 6.07) is 3.49. The van der Waals surface area contributed by atoms with E-state index in [1.165, 1.54) is 21.1 Å². The van der Waals surface area contributed by atoms with Crippen LogP contribution in [-0.2, 0) is 16.1 Å². The molecule has 0 saturated carbocycles. The molecule has 24 heavy (non-hydrogen) atoms. The smallest absolute Gasteiger partial charge is 0.317 e. The Bertz CT molecular complexity index is 675. The molecule has 0 radical (unpaired) electrons. The highest BCUT2D eigenvalue weighted by Gasteiger charge is 2.62. The highest BCUT2D eigenvalue weighted by Crippen LogP contribution is 2.43. The van der Waals surface area contributed by atoms with E-state index in [1.54, 1.807) is 6.08 Å². The first-order chi connectivity index (χ1) is 11.5. The van der Waals surface area contributed by atoms with Crippen LogP contribution in [0.25, 0.3) is 0 Å². The number of amides is 3. The summed E-state index contributed by atoms with van der Waals surface area (Å²) in [5.74, 6) is -1.94. The number of carboxylic acids is 1. The molecular weight excluding hydrogens is 330 g/mol. The van der Waals surface area contributed by atoms with E-state index < -0.39 is 17.3 Å². The number of likely N-dealkylation sites (tertiary alicyclic amines) is 2. The number of carboxylic acid groups (broad SMARTS) is 1. The zero-order valence-corrected chi connectivity index (χ0v) is 13.9. The number of urea groups is 1. The largest absolute Gasteiger partial charge is 0.481 e. The molecule has 2 saturated heterocycles. The first-order valence-corrected chi connectivity index (χ1v) is 8.54. The van der Waals surface area contributed by atoms with Gasteiger partial charge >= 0.3 is 12.0 Å². The highest BCUT2D eigenvalue weighted by atomic mass is 32.1. The van der Waals surface area contributed by atoms with E-state index in [9.17, 15) is 19.5 Å². The molecule has 0 aromatic carbocycles. The van der Waals surface area contributed by atoms with Crippen molar-refractivity contribution in [2.45, 2.75) is 6.54 Å². The Morgan fingerprint density at radius 1 is 1.50 bits per heavy atom. The topological polar surface area (TPSA) is 90.0 Å². The van der Waals surface area contributed by atoms with Gasteiger partial charge in [-0.3, -0.25) is 9.59 Å². The van der Waals surface area contributed by atoms with Crippen LogP contribution in [0.5, 0.6) is 0 Å². The summed E-state index contributed by atoms with van der Waals surface area (Å²) in [4.78, 5) is 40.6. The molecule has 128 valence electrons. The molecule has 0 bridgehead atoms. The fourth-order valence-corrected chi connectivity index (χ4v) is 4.11. The lowest BCUT2D eigenvalue weighted by Crippen LogP contribution is -2.44. The van der Waals surface area contributed by atoms with Crippen LogP contribution in [0.15, 0.2) is 30.2 Å². The molecule has 0 aliphatic carbocycles. The maximum atomic E-state index is 12.5. The Labute approximate surface area is 143 Å². The van der Waals surface area contributed by atoms with E-state index in [1.807, 2.05) is 17.5 Å². The van der Waals surface area contributed by atoms with Gasteiger partial charge in [0.15, 0.2) is 0 Å². The number of thiophene rings is 1. The average molecular weight is 349 g/mol. The van der Waals surface area contributed by atoms with Crippen LogP contribution >= 0.6 is 11.3 Å². The molecule has 7 nitrogen and oxygen atoms in total. The van der Waals surface area contributed by atoms with Crippen LogP contribution in [0.4, 0.5) is 4.79 Å². The van der Waals surface area contributed by atoms with Gasteiger partial charge in [-0.15, -0.1) is 17.9 Å². The number of nitrogens with one attached hydrogen (secondary N) is 1. The van der Waals surface area contributed by atoms with Gasteiger partial charge in [0, 0.05) is 31.1 Å². The number of hydrogen-bond acceptors (Lipinski definition) is 4. The first-order valence-electron chi connectivity index (χ1n) is 7.66. The molecule has 3 rings (SSSR count). The van der Waals surface area contributed by atoms with Crippen molar-refractivity contribution in [2.75, 3.05) is 26.2 Å². The second-order valence-corrected chi connectivity index (χ2v) is 7.17. The minimum absolute atomic E-state index is 0.0443. The Hall–Kier alpha value is -2.35. The highest BCUT2D eigenvalue weighted by molar-refractivity contribution is 7.09. The van der Waals surface area contributed by atoms with Crippen molar-refractivity contribution in [3.8, 4) is 0 Å². The van der Waals surface area contributed by atoms with Crippen LogP contribution in [0.3, 0.4) is 0 Å². The zero-order chi connectivity index (χ0) is 17.3. The van der Waals surface area contributed by atoms with Gasteiger partial charge in [0.05, 0.1) is 12.5 Å². The standard InChI is InChI=1S/C16H19N3O4S/c1-2-5-18-9-16(14(21)22)10-19(8-12(16)13(18)20)15(23)17-7-11-4-3-6-24-11/h2-4,6,12H,1,5,7-10H2,(H,17,23)(H,21,22)/t12-,16+/m0/s1. The number of carbonyl (C=O) groups is 3. The number of fused-ring (bicyclic) bond motifs is 1. The van der Waals surface area contributed by atoms with E-state index >= 15 is 0 Å². The normalized spacial score (nSPS) is 25.7. The predicted molar refractivity (Wildman–Crippen MR) is 88.5 cm³/mol. The van der Waals surface area contributed by atoms with E-state index in [-0.39, 0.29) is 31.6 Å². The minimum atomic E-state index is -1.22. The molecule has 0 unspecified atom stereocenters. The van der Waals surface area contributed by atoms with Crippen molar-refractivity contribution in [1.29, 1.82) is 0 Å². The van der Waals surface area contributed by atoms with Gasteiger partial charge in [0.2, 0.25) is 5.91 Å². The number of carbonyl (C=O) groups excluding carboxylic acids is 2. The average Bonchev–Trinajstić information content (AvgIpc) is 3.24. The summed E-state index contributed by atoms with van der Waals surface area (Å²) in [5, 5.41) is 14.4. The van der Waals surface area contributed by atoms with Crippen LogP contribution < -0.4 is 5.32 Å². The molecular formula is C16H19N3O4S. The molecule has 2 N–H and O–H groups in total. The summed E-state index contributed by atoms with van der Waals surface area (Å²) in [5.41, 5.74) is -1.22. The summed E-state index contributed by atoms with van der Waals surface area (Å²) in [6.07, 6.45) is 1.58. The van der Waals surface area contributed by atoms with Gasteiger partial charge in [-0.25, -0.2) is 4.79 Å². The van der Waals surface area contributed by atoms with Crippen LogP contribution in [-0.4, -0.2) is 59.0 Å². The maximum Gasteiger partial charge on any atom is 0.317 e. The minimum Gasteiger partial charge on any atom is -0.481 e. The lowest BCUT2D eigenvalue weighted by Gasteiger charge is -2.24. The summed E-state index contributed by atoms with van der Waals surface area (Å²) in [6.45, 7) is 4.62. The third-order valence-electron chi connectivity index (χ3n) is 4.68. The molecule has 8 heteroatoms. The fourth-order valence-electron chi connectivity index (χ4n) is 3.46. The Morgan fingerprint density at radius 2 is 2.29 bits per heavy atom. The summed E-state index contributed by atoms with van der Waals surface area (Å²) < 4.78 is 0. The summed E-state index contributed by atoms with van der Waals surface area (Å²) >= 11 is 1.54. The Balaban J connectivity index is 1.70. The quantitative estimate of drug-likeness (QED) is 0.776. The van der Waals surface area contributed by atoms with Crippen LogP contribution in [0, 0.1) is 11.3 Å². The third kappa shape index (κ3) is 2.66.